The van der Waals surface area contributed by atoms with Gasteiger partial charge in [0.15, 0.2) is 0 Å². The van der Waals surface area contributed by atoms with Gasteiger partial charge in [-0.1, -0.05) is 13.8 Å². The maximum absolute atomic E-state index is 11.9. The molecule has 1 rings (SSSR count). The van der Waals surface area contributed by atoms with Gasteiger partial charge in [-0.05, 0) is 12.3 Å². The van der Waals surface area contributed by atoms with Crippen molar-refractivity contribution in [2.24, 2.45) is 11.7 Å². The lowest BCUT2D eigenvalue weighted by Gasteiger charge is -2.21. The second-order valence-electron chi connectivity index (χ2n) is 4.71. The van der Waals surface area contributed by atoms with Gasteiger partial charge in [0.2, 0.25) is 5.91 Å². The van der Waals surface area contributed by atoms with Crippen molar-refractivity contribution in [3.63, 3.8) is 0 Å². The molecule has 0 aromatic carbocycles. The molecule has 98 valence electrons. The number of ether oxygens (including phenoxy) is 1. The van der Waals surface area contributed by atoms with E-state index in [0.29, 0.717) is 13.0 Å². The minimum atomic E-state index is -0.605. The topological polar surface area (TPSA) is 93.5 Å². The second-order valence-corrected chi connectivity index (χ2v) is 4.71. The van der Waals surface area contributed by atoms with Gasteiger partial charge in [-0.2, -0.15) is 0 Å². The zero-order chi connectivity index (χ0) is 13.0. The molecule has 6 heteroatoms. The van der Waals surface area contributed by atoms with E-state index in [-0.39, 0.29) is 23.9 Å². The molecule has 0 saturated carbocycles. The van der Waals surface area contributed by atoms with Crippen molar-refractivity contribution in [1.82, 2.24) is 10.6 Å². The number of carbonyl (C=O) groups is 2. The highest BCUT2D eigenvalue weighted by atomic mass is 16.5. The molecule has 0 aromatic rings. The Morgan fingerprint density at radius 3 is 2.53 bits per heavy atom. The highest BCUT2D eigenvalue weighted by Crippen LogP contribution is 2.08. The third-order valence-electron chi connectivity index (χ3n) is 2.90. The summed E-state index contributed by atoms with van der Waals surface area (Å²) >= 11 is 0. The van der Waals surface area contributed by atoms with Crippen molar-refractivity contribution in [3.05, 3.63) is 0 Å². The summed E-state index contributed by atoms with van der Waals surface area (Å²) in [7, 11) is 1.31. The lowest BCUT2D eigenvalue weighted by molar-refractivity contribution is -0.146. The summed E-state index contributed by atoms with van der Waals surface area (Å²) in [6.45, 7) is 4.34. The largest absolute Gasteiger partial charge is 0.467 e. The van der Waals surface area contributed by atoms with Crippen LogP contribution in [0.15, 0.2) is 0 Å². The van der Waals surface area contributed by atoms with Crippen LogP contribution in [0.3, 0.4) is 0 Å². The Balaban J connectivity index is 2.55. The number of nitrogens with one attached hydrogen (secondary N) is 2. The third kappa shape index (κ3) is 3.67. The molecule has 1 heterocycles. The monoisotopic (exact) mass is 243 g/mol. The van der Waals surface area contributed by atoms with Gasteiger partial charge in [-0.25, -0.2) is 4.79 Å². The van der Waals surface area contributed by atoms with Gasteiger partial charge in [-0.15, -0.1) is 0 Å². The van der Waals surface area contributed by atoms with Crippen molar-refractivity contribution < 1.29 is 14.3 Å². The minimum Gasteiger partial charge on any atom is -0.467 e. The number of nitrogens with two attached hydrogens (primary N) is 1. The number of hydrogen-bond donors (Lipinski definition) is 3. The Bertz CT molecular complexity index is 294. The fourth-order valence-electron chi connectivity index (χ4n) is 1.84. The van der Waals surface area contributed by atoms with Crippen LogP contribution >= 0.6 is 0 Å². The Kier molecular flexibility index (Phi) is 4.89. The summed E-state index contributed by atoms with van der Waals surface area (Å²) in [6.07, 6.45) is 0.595. The van der Waals surface area contributed by atoms with Crippen molar-refractivity contribution in [1.29, 1.82) is 0 Å². The first-order chi connectivity index (χ1) is 7.95. The highest BCUT2D eigenvalue weighted by molar-refractivity contribution is 5.87. The average molecular weight is 243 g/mol. The van der Waals surface area contributed by atoms with E-state index in [1.807, 2.05) is 13.8 Å². The molecule has 17 heavy (non-hydrogen) atoms. The molecular formula is C11H21N3O3. The van der Waals surface area contributed by atoms with E-state index in [0.717, 1.165) is 0 Å². The van der Waals surface area contributed by atoms with Gasteiger partial charge in [0.05, 0.1) is 13.2 Å². The highest BCUT2D eigenvalue weighted by Gasteiger charge is 2.31. The second kappa shape index (κ2) is 5.97. The molecule has 0 aromatic heterocycles. The third-order valence-corrected chi connectivity index (χ3v) is 2.90. The fourth-order valence-corrected chi connectivity index (χ4v) is 1.84. The predicted octanol–water partition coefficient (Wildman–Crippen LogP) is -1.01. The molecule has 0 unspecified atom stereocenters. The lowest BCUT2D eigenvalue weighted by Crippen LogP contribution is -2.50. The molecule has 1 aliphatic rings. The molecule has 1 amide bonds. The molecular weight excluding hydrogens is 222 g/mol. The Hall–Kier alpha value is -1.14. The van der Waals surface area contributed by atoms with Gasteiger partial charge in [0.25, 0.3) is 0 Å². The SMILES string of the molecule is COC(=O)[C@@H](NC(=O)[C@@H]1C[C@H](N)CN1)C(C)C. The number of methoxy groups -OCH3 is 1. The Morgan fingerprint density at radius 2 is 2.12 bits per heavy atom. The molecule has 0 bridgehead atoms. The summed E-state index contributed by atoms with van der Waals surface area (Å²) in [4.78, 5) is 23.4. The number of rotatable bonds is 4. The van der Waals surface area contributed by atoms with Gasteiger partial charge < -0.3 is 21.1 Å². The van der Waals surface area contributed by atoms with Crippen LogP contribution < -0.4 is 16.4 Å². The Morgan fingerprint density at radius 1 is 1.47 bits per heavy atom. The molecule has 3 atom stereocenters. The van der Waals surface area contributed by atoms with Crippen LogP contribution in [0.1, 0.15) is 20.3 Å². The molecule has 1 aliphatic heterocycles. The summed E-state index contributed by atoms with van der Waals surface area (Å²) in [5.41, 5.74) is 5.71. The van der Waals surface area contributed by atoms with Crippen LogP contribution in [0.2, 0.25) is 0 Å². The van der Waals surface area contributed by atoms with E-state index >= 15 is 0 Å². The number of esters is 1. The van der Waals surface area contributed by atoms with Gasteiger partial charge in [-0.3, -0.25) is 4.79 Å². The van der Waals surface area contributed by atoms with Crippen LogP contribution in [0.4, 0.5) is 0 Å². The average Bonchev–Trinajstić information content (AvgIpc) is 2.71. The van der Waals surface area contributed by atoms with E-state index in [1.54, 1.807) is 0 Å². The van der Waals surface area contributed by atoms with E-state index in [4.69, 9.17) is 5.73 Å². The molecule has 0 spiro atoms. The first-order valence-electron chi connectivity index (χ1n) is 5.82. The van der Waals surface area contributed by atoms with Crippen molar-refractivity contribution >= 4 is 11.9 Å². The minimum absolute atomic E-state index is 0.00127. The first-order valence-corrected chi connectivity index (χ1v) is 5.82. The number of hydrogen-bond acceptors (Lipinski definition) is 5. The summed E-state index contributed by atoms with van der Waals surface area (Å²) in [5.74, 6) is -0.626. The van der Waals surface area contributed by atoms with Gasteiger partial charge >= 0.3 is 5.97 Å². The molecule has 0 radical (unpaired) electrons. The number of amides is 1. The van der Waals surface area contributed by atoms with Crippen LogP contribution in [0.25, 0.3) is 0 Å². The predicted molar refractivity (Wildman–Crippen MR) is 63.2 cm³/mol. The van der Waals surface area contributed by atoms with E-state index < -0.39 is 12.0 Å². The number of carbonyl (C=O) groups excluding carboxylic acids is 2. The zero-order valence-corrected chi connectivity index (χ0v) is 10.5. The van der Waals surface area contributed by atoms with Crippen molar-refractivity contribution in [3.8, 4) is 0 Å². The molecule has 1 fully saturated rings. The van der Waals surface area contributed by atoms with E-state index in [1.165, 1.54) is 7.11 Å². The van der Waals surface area contributed by atoms with Crippen LogP contribution in [0.5, 0.6) is 0 Å². The standard InChI is InChI=1S/C11H21N3O3/c1-6(2)9(11(16)17-3)14-10(15)8-4-7(12)5-13-8/h6-9,13H,4-5,12H2,1-3H3,(H,14,15)/t7-,8-,9-/m0/s1. The summed E-state index contributed by atoms with van der Waals surface area (Å²) in [6, 6.07) is -0.914. The molecule has 6 nitrogen and oxygen atoms in total. The molecule has 4 N–H and O–H groups in total. The molecule has 0 aliphatic carbocycles. The van der Waals surface area contributed by atoms with E-state index in [2.05, 4.69) is 15.4 Å². The van der Waals surface area contributed by atoms with Gasteiger partial charge in [0, 0.05) is 12.6 Å². The van der Waals surface area contributed by atoms with Gasteiger partial charge in [0.1, 0.15) is 6.04 Å². The zero-order valence-electron chi connectivity index (χ0n) is 10.5. The van der Waals surface area contributed by atoms with Crippen LogP contribution in [-0.4, -0.2) is 43.7 Å². The maximum Gasteiger partial charge on any atom is 0.328 e. The quantitative estimate of drug-likeness (QED) is 0.550. The Labute approximate surface area is 101 Å². The smallest absolute Gasteiger partial charge is 0.328 e. The maximum atomic E-state index is 11.9. The lowest BCUT2D eigenvalue weighted by atomic mass is 10.0. The van der Waals surface area contributed by atoms with Crippen LogP contribution in [0, 0.1) is 5.92 Å². The van der Waals surface area contributed by atoms with Crippen molar-refractivity contribution in [2.75, 3.05) is 13.7 Å². The first kappa shape index (κ1) is 13.9. The summed E-state index contributed by atoms with van der Waals surface area (Å²) < 4.78 is 4.66. The van der Waals surface area contributed by atoms with Crippen molar-refractivity contribution in [2.45, 2.75) is 38.4 Å². The fraction of sp³-hybridized carbons (Fsp3) is 0.818. The van der Waals surface area contributed by atoms with E-state index in [9.17, 15) is 9.59 Å². The molecule has 1 saturated heterocycles. The normalized spacial score (nSPS) is 25.7. The van der Waals surface area contributed by atoms with Crippen LogP contribution in [-0.2, 0) is 14.3 Å². The summed E-state index contributed by atoms with van der Waals surface area (Å²) in [5, 5.41) is 5.72.